The van der Waals surface area contributed by atoms with E-state index in [9.17, 15) is 9.90 Å². The van der Waals surface area contributed by atoms with Crippen molar-refractivity contribution in [3.63, 3.8) is 0 Å². The predicted molar refractivity (Wildman–Crippen MR) is 90.4 cm³/mol. The van der Waals surface area contributed by atoms with E-state index in [2.05, 4.69) is 17.0 Å². The van der Waals surface area contributed by atoms with E-state index in [4.69, 9.17) is 4.74 Å². The van der Waals surface area contributed by atoms with Crippen molar-refractivity contribution >= 4 is 11.7 Å². The van der Waals surface area contributed by atoms with Crippen LogP contribution in [0.5, 0.6) is 5.75 Å². The Bertz CT molecular complexity index is 692. The molecule has 2 aromatic carbocycles. The third kappa shape index (κ3) is 3.68. The first-order chi connectivity index (χ1) is 11.7. The topological polar surface area (TPSA) is 57.0 Å². The number of carbonyl (C=O) groups is 1. The lowest BCUT2D eigenvalue weighted by Gasteiger charge is -2.34. The number of nitrogens with zero attached hydrogens (tertiary/aromatic N) is 1. The molecule has 1 aliphatic rings. The number of carboxylic acids is 1. The number of rotatable bonds is 5. The number of hydrogen-bond donors (Lipinski definition) is 1. The van der Waals surface area contributed by atoms with Gasteiger partial charge in [0.2, 0.25) is 0 Å². The summed E-state index contributed by atoms with van der Waals surface area (Å²) in [5.41, 5.74) is 2.33. The van der Waals surface area contributed by atoms with E-state index >= 15 is 0 Å². The van der Waals surface area contributed by atoms with Gasteiger partial charge in [-0.25, -0.2) is 0 Å². The van der Waals surface area contributed by atoms with E-state index in [-0.39, 0.29) is 5.56 Å². The van der Waals surface area contributed by atoms with Crippen molar-refractivity contribution in [3.05, 3.63) is 59.7 Å². The molecule has 0 amide bonds. The average Bonchev–Trinajstić information content (AvgIpc) is 2.63. The number of ether oxygens (including phenoxy) is 1. The Labute approximate surface area is 142 Å². The first-order valence-corrected chi connectivity index (χ1v) is 8.19. The van der Waals surface area contributed by atoms with Gasteiger partial charge in [-0.2, -0.15) is 0 Å². The molecule has 5 heteroatoms. The van der Waals surface area contributed by atoms with Gasteiger partial charge in [0, 0.05) is 16.8 Å². The second-order valence-electron chi connectivity index (χ2n) is 6.07. The Kier molecular flexibility index (Phi) is 5.01. The summed E-state index contributed by atoms with van der Waals surface area (Å²) < 4.78 is 5.19. The highest BCUT2D eigenvalue weighted by atomic mass is 16.5. The monoisotopic (exact) mass is 326 g/mol. The molecule has 5 nitrogen and oxygen atoms in total. The lowest BCUT2D eigenvalue weighted by atomic mass is 10.1. The molecule has 1 saturated heterocycles. The van der Waals surface area contributed by atoms with E-state index in [0.717, 1.165) is 44.2 Å². The SMILES string of the molecule is COc1ccc(C[NH+]2CCN(c3ccccc3C(=O)[O-])CC2)cc1. The van der Waals surface area contributed by atoms with E-state index < -0.39 is 5.97 Å². The predicted octanol–water partition coefficient (Wildman–Crippen LogP) is -0.0362. The van der Waals surface area contributed by atoms with Gasteiger partial charge in [-0.15, -0.1) is 0 Å². The molecule has 1 heterocycles. The lowest BCUT2D eigenvalue weighted by Crippen LogP contribution is -3.13. The van der Waals surface area contributed by atoms with Crippen LogP contribution in [0.4, 0.5) is 5.69 Å². The molecule has 1 fully saturated rings. The van der Waals surface area contributed by atoms with Gasteiger partial charge in [-0.3, -0.25) is 0 Å². The number of hydrogen-bond acceptors (Lipinski definition) is 4. The average molecular weight is 326 g/mol. The normalized spacial score (nSPS) is 15.3. The summed E-state index contributed by atoms with van der Waals surface area (Å²) in [6.45, 7) is 4.62. The number of para-hydroxylation sites is 1. The number of carbonyl (C=O) groups excluding carboxylic acids is 1. The molecule has 1 aliphatic heterocycles. The smallest absolute Gasteiger partial charge is 0.118 e. The summed E-state index contributed by atoms with van der Waals surface area (Å²) in [7, 11) is 1.67. The number of benzene rings is 2. The minimum Gasteiger partial charge on any atom is -0.545 e. The third-order valence-electron chi connectivity index (χ3n) is 4.55. The first kappa shape index (κ1) is 16.3. The molecule has 0 atom stereocenters. The van der Waals surface area contributed by atoms with Gasteiger partial charge in [0.15, 0.2) is 0 Å². The summed E-state index contributed by atoms with van der Waals surface area (Å²) in [5, 5.41) is 11.3. The largest absolute Gasteiger partial charge is 0.545 e. The van der Waals surface area contributed by atoms with Crippen LogP contribution in [0.25, 0.3) is 0 Å². The number of piperazine rings is 1. The van der Waals surface area contributed by atoms with E-state index in [1.807, 2.05) is 24.3 Å². The molecule has 1 N–H and O–H groups in total. The molecule has 2 aromatic rings. The van der Waals surface area contributed by atoms with Crippen LogP contribution in [-0.4, -0.2) is 39.3 Å². The number of nitrogens with one attached hydrogen (secondary N) is 1. The highest BCUT2D eigenvalue weighted by Crippen LogP contribution is 2.19. The zero-order valence-electron chi connectivity index (χ0n) is 13.8. The van der Waals surface area contributed by atoms with Gasteiger partial charge in [0.05, 0.1) is 39.3 Å². The Morgan fingerprint density at radius 3 is 2.42 bits per heavy atom. The van der Waals surface area contributed by atoms with Crippen molar-refractivity contribution in [3.8, 4) is 5.75 Å². The van der Waals surface area contributed by atoms with Gasteiger partial charge < -0.3 is 24.4 Å². The number of methoxy groups -OCH3 is 1. The molecule has 0 bridgehead atoms. The minimum absolute atomic E-state index is 0.274. The van der Waals surface area contributed by atoms with Crippen LogP contribution < -0.4 is 19.6 Å². The summed E-state index contributed by atoms with van der Waals surface area (Å²) in [6, 6.07) is 15.3. The van der Waals surface area contributed by atoms with Crippen molar-refractivity contribution in [1.29, 1.82) is 0 Å². The Balaban J connectivity index is 1.60. The number of anilines is 1. The summed E-state index contributed by atoms with van der Waals surface area (Å²) in [6.07, 6.45) is 0. The van der Waals surface area contributed by atoms with Crippen LogP contribution in [0.1, 0.15) is 15.9 Å². The number of quaternary nitrogens is 1. The van der Waals surface area contributed by atoms with Crippen LogP contribution in [0.3, 0.4) is 0 Å². The second kappa shape index (κ2) is 7.36. The molecule has 0 spiro atoms. The second-order valence-corrected chi connectivity index (χ2v) is 6.07. The Morgan fingerprint density at radius 2 is 1.79 bits per heavy atom. The van der Waals surface area contributed by atoms with Gasteiger partial charge in [-0.05, 0) is 30.3 Å². The molecule has 0 radical (unpaired) electrons. The lowest BCUT2D eigenvalue weighted by molar-refractivity contribution is -0.914. The number of aromatic carboxylic acids is 1. The van der Waals surface area contributed by atoms with Crippen LogP contribution in [0.15, 0.2) is 48.5 Å². The maximum Gasteiger partial charge on any atom is 0.118 e. The number of carboxylic acid groups (broad SMARTS) is 1. The van der Waals surface area contributed by atoms with Crippen molar-refractivity contribution in [2.24, 2.45) is 0 Å². The first-order valence-electron chi connectivity index (χ1n) is 8.19. The molecule has 0 saturated carbocycles. The Morgan fingerprint density at radius 1 is 1.12 bits per heavy atom. The van der Waals surface area contributed by atoms with E-state index in [1.54, 1.807) is 19.2 Å². The molecule has 0 aromatic heterocycles. The van der Waals surface area contributed by atoms with Gasteiger partial charge in [0.1, 0.15) is 12.3 Å². The van der Waals surface area contributed by atoms with Crippen molar-refractivity contribution < 1.29 is 19.5 Å². The van der Waals surface area contributed by atoms with Crippen LogP contribution in [0.2, 0.25) is 0 Å². The maximum absolute atomic E-state index is 11.3. The minimum atomic E-state index is -1.11. The summed E-state index contributed by atoms with van der Waals surface area (Å²) in [5.74, 6) is -0.240. The fourth-order valence-corrected chi connectivity index (χ4v) is 3.19. The van der Waals surface area contributed by atoms with Gasteiger partial charge in [-0.1, -0.05) is 18.2 Å². The molecule has 0 aliphatic carbocycles. The Hall–Kier alpha value is -2.53. The van der Waals surface area contributed by atoms with Gasteiger partial charge >= 0.3 is 0 Å². The third-order valence-corrected chi connectivity index (χ3v) is 4.55. The molecular formula is C19H22N2O3. The highest BCUT2D eigenvalue weighted by molar-refractivity contribution is 5.93. The summed E-state index contributed by atoms with van der Waals surface area (Å²) in [4.78, 5) is 14.9. The van der Waals surface area contributed by atoms with E-state index in [0.29, 0.717) is 0 Å². The van der Waals surface area contributed by atoms with Crippen LogP contribution >= 0.6 is 0 Å². The quantitative estimate of drug-likeness (QED) is 0.838. The van der Waals surface area contributed by atoms with E-state index in [1.165, 1.54) is 10.5 Å². The van der Waals surface area contributed by atoms with Crippen molar-refractivity contribution in [2.45, 2.75) is 6.54 Å². The van der Waals surface area contributed by atoms with Crippen LogP contribution in [0, 0.1) is 0 Å². The standard InChI is InChI=1S/C19H22N2O3/c1-24-16-8-6-15(7-9-16)14-20-10-12-21(13-11-20)18-5-3-2-4-17(18)19(22)23/h2-9H,10-14H2,1H3,(H,22,23). The molecular weight excluding hydrogens is 304 g/mol. The maximum atomic E-state index is 11.3. The molecule has 126 valence electrons. The summed E-state index contributed by atoms with van der Waals surface area (Å²) >= 11 is 0. The zero-order valence-corrected chi connectivity index (χ0v) is 13.8. The fourth-order valence-electron chi connectivity index (χ4n) is 3.19. The van der Waals surface area contributed by atoms with Crippen LogP contribution in [-0.2, 0) is 6.54 Å². The zero-order chi connectivity index (χ0) is 16.9. The molecule has 0 unspecified atom stereocenters. The van der Waals surface area contributed by atoms with Crippen molar-refractivity contribution in [1.82, 2.24) is 0 Å². The van der Waals surface area contributed by atoms with Gasteiger partial charge in [0.25, 0.3) is 0 Å². The highest BCUT2D eigenvalue weighted by Gasteiger charge is 2.22. The fraction of sp³-hybridized carbons (Fsp3) is 0.316. The van der Waals surface area contributed by atoms with Crippen molar-refractivity contribution in [2.75, 3.05) is 38.2 Å². The molecule has 3 rings (SSSR count). The molecule has 24 heavy (non-hydrogen) atoms.